The van der Waals surface area contributed by atoms with E-state index in [0.717, 1.165) is 13.0 Å². The van der Waals surface area contributed by atoms with Crippen LogP contribution >= 0.6 is 0 Å². The SMILES string of the molecule is CCOC(C1=CCC=C1)c1ccccc1. The Labute approximate surface area is 91.1 Å². The zero-order chi connectivity index (χ0) is 10.5. The zero-order valence-electron chi connectivity index (χ0n) is 9.02. The number of ether oxygens (including phenoxy) is 1. The molecule has 1 aromatic rings. The van der Waals surface area contributed by atoms with Gasteiger partial charge in [0.05, 0.1) is 0 Å². The molecule has 1 aliphatic carbocycles. The summed E-state index contributed by atoms with van der Waals surface area (Å²) >= 11 is 0. The van der Waals surface area contributed by atoms with Crippen molar-refractivity contribution in [2.75, 3.05) is 6.61 Å². The van der Waals surface area contributed by atoms with Gasteiger partial charge in [-0.25, -0.2) is 0 Å². The Hall–Kier alpha value is -1.34. The van der Waals surface area contributed by atoms with Gasteiger partial charge in [0, 0.05) is 6.61 Å². The molecule has 2 rings (SSSR count). The summed E-state index contributed by atoms with van der Waals surface area (Å²) in [7, 11) is 0. The maximum atomic E-state index is 5.79. The predicted octanol–water partition coefficient (Wildman–Crippen LogP) is 3.65. The number of rotatable bonds is 4. The molecule has 0 aliphatic heterocycles. The van der Waals surface area contributed by atoms with Crippen LogP contribution in [0, 0.1) is 0 Å². The zero-order valence-corrected chi connectivity index (χ0v) is 9.02. The summed E-state index contributed by atoms with van der Waals surface area (Å²) in [4.78, 5) is 0. The first-order valence-corrected chi connectivity index (χ1v) is 5.45. The third-order valence-electron chi connectivity index (χ3n) is 2.54. The highest BCUT2D eigenvalue weighted by Gasteiger charge is 2.15. The van der Waals surface area contributed by atoms with Crippen LogP contribution in [0.4, 0.5) is 0 Å². The minimum atomic E-state index is 0.106. The molecule has 0 bridgehead atoms. The Morgan fingerprint density at radius 1 is 1.27 bits per heavy atom. The van der Waals surface area contributed by atoms with Gasteiger partial charge < -0.3 is 4.74 Å². The Kier molecular flexibility index (Phi) is 3.36. The maximum Gasteiger partial charge on any atom is 0.107 e. The van der Waals surface area contributed by atoms with Gasteiger partial charge in [0.25, 0.3) is 0 Å². The average molecular weight is 200 g/mol. The number of hydrogen-bond acceptors (Lipinski definition) is 1. The van der Waals surface area contributed by atoms with E-state index >= 15 is 0 Å². The van der Waals surface area contributed by atoms with E-state index in [1.165, 1.54) is 11.1 Å². The van der Waals surface area contributed by atoms with Crippen LogP contribution in [0.1, 0.15) is 25.0 Å². The summed E-state index contributed by atoms with van der Waals surface area (Å²) in [5, 5.41) is 0. The Bertz CT molecular complexity index is 362. The molecule has 1 aliphatic rings. The Morgan fingerprint density at radius 3 is 2.67 bits per heavy atom. The van der Waals surface area contributed by atoms with E-state index in [-0.39, 0.29) is 6.10 Å². The van der Waals surface area contributed by atoms with Gasteiger partial charge in [-0.15, -0.1) is 0 Å². The highest BCUT2D eigenvalue weighted by Crippen LogP contribution is 2.29. The van der Waals surface area contributed by atoms with Crippen LogP contribution in [-0.2, 0) is 4.74 Å². The largest absolute Gasteiger partial charge is 0.369 e. The smallest absolute Gasteiger partial charge is 0.107 e. The quantitative estimate of drug-likeness (QED) is 0.720. The molecule has 0 N–H and O–H groups in total. The van der Waals surface area contributed by atoms with Gasteiger partial charge in [-0.3, -0.25) is 0 Å². The molecule has 0 heterocycles. The van der Waals surface area contributed by atoms with E-state index in [9.17, 15) is 0 Å². The van der Waals surface area contributed by atoms with Crippen molar-refractivity contribution in [2.45, 2.75) is 19.4 Å². The standard InChI is InChI=1S/C14H16O/c1-2-15-14(13-10-6-7-11-13)12-8-4-3-5-9-12/h3-6,8-11,14H,2,7H2,1H3. The second-order valence-corrected chi connectivity index (χ2v) is 3.59. The van der Waals surface area contributed by atoms with Crippen LogP contribution in [0.5, 0.6) is 0 Å². The molecular weight excluding hydrogens is 184 g/mol. The Balaban J connectivity index is 2.23. The number of hydrogen-bond donors (Lipinski definition) is 0. The summed E-state index contributed by atoms with van der Waals surface area (Å²) in [6.07, 6.45) is 7.70. The first-order valence-electron chi connectivity index (χ1n) is 5.45. The molecule has 1 nitrogen and oxygen atoms in total. The fourth-order valence-corrected chi connectivity index (χ4v) is 1.85. The van der Waals surface area contributed by atoms with Crippen LogP contribution in [0.15, 0.2) is 54.1 Å². The molecule has 0 radical (unpaired) electrons. The van der Waals surface area contributed by atoms with Crippen molar-refractivity contribution >= 4 is 0 Å². The lowest BCUT2D eigenvalue weighted by molar-refractivity contribution is 0.0910. The van der Waals surface area contributed by atoms with Gasteiger partial charge in [0.1, 0.15) is 6.10 Å². The first kappa shape index (κ1) is 10.2. The van der Waals surface area contributed by atoms with E-state index in [4.69, 9.17) is 4.74 Å². The lowest BCUT2D eigenvalue weighted by Gasteiger charge is -2.17. The summed E-state index contributed by atoms with van der Waals surface area (Å²) < 4.78 is 5.79. The molecule has 0 fully saturated rings. The molecular formula is C14H16O. The van der Waals surface area contributed by atoms with Crippen molar-refractivity contribution in [3.8, 4) is 0 Å². The minimum absolute atomic E-state index is 0.106. The number of allylic oxidation sites excluding steroid dienone is 2. The third kappa shape index (κ3) is 2.37. The predicted molar refractivity (Wildman–Crippen MR) is 62.6 cm³/mol. The highest BCUT2D eigenvalue weighted by atomic mass is 16.5. The summed E-state index contributed by atoms with van der Waals surface area (Å²) in [5.74, 6) is 0. The molecule has 0 spiro atoms. The normalized spacial score (nSPS) is 16.5. The minimum Gasteiger partial charge on any atom is -0.369 e. The summed E-state index contributed by atoms with van der Waals surface area (Å²) in [6.45, 7) is 2.78. The molecule has 1 aromatic carbocycles. The molecule has 1 atom stereocenters. The van der Waals surface area contributed by atoms with Crippen LogP contribution in [0.25, 0.3) is 0 Å². The van der Waals surface area contributed by atoms with Crippen molar-refractivity contribution in [1.29, 1.82) is 0 Å². The molecule has 1 heteroatoms. The van der Waals surface area contributed by atoms with Crippen LogP contribution in [0.2, 0.25) is 0 Å². The third-order valence-corrected chi connectivity index (χ3v) is 2.54. The molecule has 0 saturated heterocycles. The summed E-state index contributed by atoms with van der Waals surface area (Å²) in [5.41, 5.74) is 2.51. The monoisotopic (exact) mass is 200 g/mol. The molecule has 0 saturated carbocycles. The van der Waals surface area contributed by atoms with Crippen LogP contribution < -0.4 is 0 Å². The van der Waals surface area contributed by atoms with Gasteiger partial charge in [-0.2, -0.15) is 0 Å². The lowest BCUT2D eigenvalue weighted by atomic mass is 10.0. The summed E-state index contributed by atoms with van der Waals surface area (Å²) in [6, 6.07) is 10.4. The molecule has 1 unspecified atom stereocenters. The van der Waals surface area contributed by atoms with E-state index < -0.39 is 0 Å². The maximum absolute atomic E-state index is 5.79. The van der Waals surface area contributed by atoms with Crippen molar-refractivity contribution in [3.63, 3.8) is 0 Å². The van der Waals surface area contributed by atoms with Crippen LogP contribution in [0.3, 0.4) is 0 Å². The molecule has 0 aromatic heterocycles. The van der Waals surface area contributed by atoms with Crippen molar-refractivity contribution in [3.05, 3.63) is 59.7 Å². The van der Waals surface area contributed by atoms with E-state index in [2.05, 4.69) is 42.5 Å². The second kappa shape index (κ2) is 4.94. The fraction of sp³-hybridized carbons (Fsp3) is 0.286. The van der Waals surface area contributed by atoms with Gasteiger partial charge in [-0.05, 0) is 24.5 Å². The first-order chi connectivity index (χ1) is 7.42. The second-order valence-electron chi connectivity index (χ2n) is 3.59. The molecule has 78 valence electrons. The molecule has 0 amide bonds. The van der Waals surface area contributed by atoms with Gasteiger partial charge in [-0.1, -0.05) is 48.6 Å². The topological polar surface area (TPSA) is 9.23 Å². The van der Waals surface area contributed by atoms with Gasteiger partial charge in [0.15, 0.2) is 0 Å². The van der Waals surface area contributed by atoms with Gasteiger partial charge in [0.2, 0.25) is 0 Å². The average Bonchev–Trinajstić information content (AvgIpc) is 2.80. The van der Waals surface area contributed by atoms with Crippen LogP contribution in [-0.4, -0.2) is 6.61 Å². The van der Waals surface area contributed by atoms with E-state index in [0.29, 0.717) is 0 Å². The van der Waals surface area contributed by atoms with E-state index in [1.807, 2.05) is 13.0 Å². The highest BCUT2D eigenvalue weighted by molar-refractivity contribution is 5.36. The van der Waals surface area contributed by atoms with Crippen molar-refractivity contribution < 1.29 is 4.74 Å². The molecule has 15 heavy (non-hydrogen) atoms. The van der Waals surface area contributed by atoms with Gasteiger partial charge >= 0.3 is 0 Å². The van der Waals surface area contributed by atoms with Crippen molar-refractivity contribution in [2.24, 2.45) is 0 Å². The lowest BCUT2D eigenvalue weighted by Crippen LogP contribution is -2.05. The Morgan fingerprint density at radius 2 is 2.07 bits per heavy atom. The fourth-order valence-electron chi connectivity index (χ4n) is 1.85. The number of benzene rings is 1. The van der Waals surface area contributed by atoms with Crippen molar-refractivity contribution in [1.82, 2.24) is 0 Å². The van der Waals surface area contributed by atoms with E-state index in [1.54, 1.807) is 0 Å².